The summed E-state index contributed by atoms with van der Waals surface area (Å²) in [7, 11) is 0. The van der Waals surface area contributed by atoms with Crippen molar-refractivity contribution in [2.24, 2.45) is 4.99 Å². The molecule has 2 heterocycles. The molecule has 8 heteroatoms. The van der Waals surface area contributed by atoms with Crippen molar-refractivity contribution in [1.29, 1.82) is 0 Å². The molecular weight excluding hydrogens is 290 g/mol. The van der Waals surface area contributed by atoms with Crippen molar-refractivity contribution >= 4 is 29.7 Å². The van der Waals surface area contributed by atoms with E-state index >= 15 is 0 Å². The standard InChI is InChI=1S/C13H23N5O2S/c1-2-14-12(16-8-10-4-3-7-21-10)15-5-6-18-11(19)9-17-13(18)20/h10H,2-9H2,1H3,(H,17,20)(H2,14,15,16). The molecule has 1 atom stereocenters. The molecule has 21 heavy (non-hydrogen) atoms. The van der Waals surface area contributed by atoms with Gasteiger partial charge < -0.3 is 16.0 Å². The Labute approximate surface area is 129 Å². The number of rotatable bonds is 6. The molecule has 0 aliphatic carbocycles. The fraction of sp³-hybridized carbons (Fsp3) is 0.769. The summed E-state index contributed by atoms with van der Waals surface area (Å²) in [5, 5.41) is 9.47. The van der Waals surface area contributed by atoms with Crippen LogP contribution in [-0.4, -0.2) is 66.5 Å². The first kappa shape index (κ1) is 15.9. The van der Waals surface area contributed by atoms with Crippen LogP contribution in [0.5, 0.6) is 0 Å². The zero-order valence-electron chi connectivity index (χ0n) is 12.4. The maximum Gasteiger partial charge on any atom is 0.324 e. The highest BCUT2D eigenvalue weighted by atomic mass is 32.2. The number of nitrogens with one attached hydrogen (secondary N) is 3. The first-order valence-corrected chi connectivity index (χ1v) is 8.47. The average molecular weight is 313 g/mol. The van der Waals surface area contributed by atoms with E-state index in [-0.39, 0.29) is 18.5 Å². The van der Waals surface area contributed by atoms with Crippen LogP contribution in [0.1, 0.15) is 19.8 Å². The number of aliphatic imine (C=N–C) groups is 1. The van der Waals surface area contributed by atoms with Crippen molar-refractivity contribution in [2.45, 2.75) is 25.0 Å². The summed E-state index contributed by atoms with van der Waals surface area (Å²) in [6, 6.07) is -0.314. The van der Waals surface area contributed by atoms with Crippen LogP contribution in [0.2, 0.25) is 0 Å². The first-order valence-electron chi connectivity index (χ1n) is 7.42. The summed E-state index contributed by atoms with van der Waals surface area (Å²) in [5.74, 6) is 1.80. The van der Waals surface area contributed by atoms with E-state index in [9.17, 15) is 9.59 Å². The Hall–Kier alpha value is -1.44. The summed E-state index contributed by atoms with van der Waals surface area (Å²) in [5.41, 5.74) is 0. The van der Waals surface area contributed by atoms with Gasteiger partial charge in [0.25, 0.3) is 0 Å². The van der Waals surface area contributed by atoms with Gasteiger partial charge in [-0.05, 0) is 25.5 Å². The molecule has 118 valence electrons. The van der Waals surface area contributed by atoms with Gasteiger partial charge >= 0.3 is 6.03 Å². The molecule has 1 unspecified atom stereocenters. The molecule has 2 saturated heterocycles. The van der Waals surface area contributed by atoms with E-state index in [1.54, 1.807) is 0 Å². The second-order valence-electron chi connectivity index (χ2n) is 4.99. The lowest BCUT2D eigenvalue weighted by Gasteiger charge is -2.15. The Bertz CT molecular complexity index is 393. The lowest BCUT2D eigenvalue weighted by atomic mass is 10.2. The minimum Gasteiger partial charge on any atom is -0.357 e. The molecule has 2 aliphatic rings. The Morgan fingerprint density at radius 3 is 2.95 bits per heavy atom. The lowest BCUT2D eigenvalue weighted by molar-refractivity contribution is -0.124. The van der Waals surface area contributed by atoms with E-state index in [2.05, 4.69) is 20.9 Å². The van der Waals surface area contributed by atoms with Gasteiger partial charge in [-0.15, -0.1) is 0 Å². The predicted molar refractivity (Wildman–Crippen MR) is 84.6 cm³/mol. The number of hydrogen-bond acceptors (Lipinski definition) is 4. The Morgan fingerprint density at radius 2 is 2.33 bits per heavy atom. The van der Waals surface area contributed by atoms with Crippen LogP contribution in [0, 0.1) is 0 Å². The van der Waals surface area contributed by atoms with Crippen LogP contribution in [0.25, 0.3) is 0 Å². The van der Waals surface area contributed by atoms with Crippen LogP contribution >= 0.6 is 11.8 Å². The summed E-state index contributed by atoms with van der Waals surface area (Å²) < 4.78 is 0. The Balaban J connectivity index is 1.75. The summed E-state index contributed by atoms with van der Waals surface area (Å²) in [6.45, 7) is 4.57. The van der Waals surface area contributed by atoms with Crippen molar-refractivity contribution in [3.8, 4) is 0 Å². The molecule has 0 aromatic carbocycles. The van der Waals surface area contributed by atoms with Crippen LogP contribution < -0.4 is 16.0 Å². The van der Waals surface area contributed by atoms with Gasteiger partial charge in [0.05, 0.1) is 13.1 Å². The van der Waals surface area contributed by atoms with Gasteiger partial charge in [0.1, 0.15) is 0 Å². The highest BCUT2D eigenvalue weighted by Gasteiger charge is 2.27. The van der Waals surface area contributed by atoms with Crippen molar-refractivity contribution < 1.29 is 9.59 Å². The van der Waals surface area contributed by atoms with Crippen molar-refractivity contribution in [2.75, 3.05) is 38.5 Å². The van der Waals surface area contributed by atoms with Gasteiger partial charge in [-0.3, -0.25) is 14.7 Å². The number of carbonyl (C=O) groups is 2. The van der Waals surface area contributed by atoms with Gasteiger partial charge in [-0.25, -0.2) is 4.79 Å². The number of nitrogens with zero attached hydrogens (tertiary/aromatic N) is 2. The van der Waals surface area contributed by atoms with E-state index in [0.717, 1.165) is 19.0 Å². The van der Waals surface area contributed by atoms with E-state index in [1.807, 2.05) is 18.7 Å². The second kappa shape index (κ2) is 8.11. The largest absolute Gasteiger partial charge is 0.357 e. The molecular formula is C13H23N5O2S. The molecule has 0 bridgehead atoms. The van der Waals surface area contributed by atoms with Gasteiger partial charge in [-0.2, -0.15) is 11.8 Å². The van der Waals surface area contributed by atoms with E-state index in [4.69, 9.17) is 0 Å². The Kier molecular flexibility index (Phi) is 6.16. The molecule has 2 aliphatic heterocycles. The number of imide groups is 1. The summed E-state index contributed by atoms with van der Waals surface area (Å²) in [6.07, 6.45) is 2.51. The molecule has 0 radical (unpaired) electrons. The van der Waals surface area contributed by atoms with Crippen LogP contribution in [0.3, 0.4) is 0 Å². The summed E-state index contributed by atoms with van der Waals surface area (Å²) >= 11 is 1.98. The van der Waals surface area contributed by atoms with Gasteiger partial charge in [0, 0.05) is 24.9 Å². The Morgan fingerprint density at radius 1 is 1.48 bits per heavy atom. The molecule has 2 fully saturated rings. The zero-order chi connectivity index (χ0) is 15.1. The predicted octanol–water partition coefficient (Wildman–Crippen LogP) is -0.0111. The minimum absolute atomic E-state index is 0.103. The third-order valence-electron chi connectivity index (χ3n) is 3.39. The quantitative estimate of drug-likeness (QED) is 0.365. The smallest absolute Gasteiger partial charge is 0.324 e. The van der Waals surface area contributed by atoms with Gasteiger partial charge in [0.2, 0.25) is 5.91 Å². The first-order chi connectivity index (χ1) is 10.2. The minimum atomic E-state index is -0.314. The number of urea groups is 1. The highest BCUT2D eigenvalue weighted by molar-refractivity contribution is 8.00. The molecule has 0 saturated carbocycles. The van der Waals surface area contributed by atoms with E-state index in [1.165, 1.54) is 23.5 Å². The topological polar surface area (TPSA) is 85.8 Å². The maximum absolute atomic E-state index is 11.5. The van der Waals surface area contributed by atoms with E-state index in [0.29, 0.717) is 18.3 Å². The van der Waals surface area contributed by atoms with Gasteiger partial charge in [0.15, 0.2) is 5.96 Å². The molecule has 0 aromatic heterocycles. The second-order valence-corrected chi connectivity index (χ2v) is 6.39. The fourth-order valence-corrected chi connectivity index (χ4v) is 3.47. The molecule has 3 N–H and O–H groups in total. The third-order valence-corrected chi connectivity index (χ3v) is 4.77. The van der Waals surface area contributed by atoms with Crippen LogP contribution in [0.4, 0.5) is 4.79 Å². The van der Waals surface area contributed by atoms with Crippen molar-refractivity contribution in [1.82, 2.24) is 20.9 Å². The molecule has 2 rings (SSSR count). The van der Waals surface area contributed by atoms with Crippen molar-refractivity contribution in [3.05, 3.63) is 0 Å². The third kappa shape index (κ3) is 4.80. The number of amides is 3. The number of guanidine groups is 1. The lowest BCUT2D eigenvalue weighted by Crippen LogP contribution is -2.43. The molecule has 0 aromatic rings. The fourth-order valence-electron chi connectivity index (χ4n) is 2.29. The number of carbonyl (C=O) groups excluding carboxylic acids is 2. The normalized spacial score (nSPS) is 22.6. The van der Waals surface area contributed by atoms with Crippen molar-refractivity contribution in [3.63, 3.8) is 0 Å². The van der Waals surface area contributed by atoms with E-state index < -0.39 is 0 Å². The summed E-state index contributed by atoms with van der Waals surface area (Å²) in [4.78, 5) is 28.6. The molecule has 7 nitrogen and oxygen atoms in total. The van der Waals surface area contributed by atoms with Crippen LogP contribution in [-0.2, 0) is 4.79 Å². The number of thioether (sulfide) groups is 1. The van der Waals surface area contributed by atoms with Crippen LogP contribution in [0.15, 0.2) is 4.99 Å². The maximum atomic E-state index is 11.5. The van der Waals surface area contributed by atoms with Gasteiger partial charge in [-0.1, -0.05) is 0 Å². The molecule has 3 amide bonds. The SMILES string of the molecule is CCNC(=NCC1CCCS1)NCCN1C(=O)CNC1=O. The molecule has 0 spiro atoms. The monoisotopic (exact) mass is 313 g/mol. The highest BCUT2D eigenvalue weighted by Crippen LogP contribution is 2.25. The number of hydrogen-bond donors (Lipinski definition) is 3. The zero-order valence-corrected chi connectivity index (χ0v) is 13.2. The average Bonchev–Trinajstić information content (AvgIpc) is 3.09.